The number of hydrogen-bond donors (Lipinski definition) is 0. The molecular weight excluding hydrogens is 285 g/mol. The molecule has 120 valence electrons. The standard InChI is InChI=1S/C8H20P.C4H12N.H2O4S/c1-5-9(6-2,7-3)8-4;2*1-5(2,3)4/h5-8H2,1-4H3;1-4H3;(H2,1,2,3,4)/q2*+1;/p-2. The SMILES string of the molecule is CC[P+](CC)(CC)CC.C[N+](C)(C)C.O=S(=O)([O-])[O-]. The maximum Gasteiger partial charge on any atom is 0.0675 e. The molecule has 0 bridgehead atoms. The quantitative estimate of drug-likeness (QED) is 0.344. The van der Waals surface area contributed by atoms with Crippen molar-refractivity contribution in [2.75, 3.05) is 52.8 Å². The van der Waals surface area contributed by atoms with Gasteiger partial charge in [-0.15, -0.1) is 0 Å². The number of hydrogen-bond acceptors (Lipinski definition) is 4. The Balaban J connectivity index is -0.000000219. The fraction of sp³-hybridized carbons (Fsp3) is 1.00. The molecule has 0 aliphatic carbocycles. The van der Waals surface area contributed by atoms with Crippen LogP contribution in [0.1, 0.15) is 27.7 Å². The summed E-state index contributed by atoms with van der Waals surface area (Å²) in [6.07, 6.45) is 5.82. The van der Waals surface area contributed by atoms with Crippen LogP contribution in [0.25, 0.3) is 0 Å². The van der Waals surface area contributed by atoms with Crippen molar-refractivity contribution in [2.24, 2.45) is 0 Å². The van der Waals surface area contributed by atoms with Crippen LogP contribution in [0.2, 0.25) is 0 Å². The molecule has 0 saturated heterocycles. The minimum absolute atomic E-state index is 0.420. The molecule has 0 N–H and O–H groups in total. The Morgan fingerprint density at radius 2 is 0.895 bits per heavy atom. The van der Waals surface area contributed by atoms with Gasteiger partial charge in [0.2, 0.25) is 0 Å². The van der Waals surface area contributed by atoms with E-state index in [0.29, 0.717) is 0 Å². The van der Waals surface area contributed by atoms with Crippen LogP contribution >= 0.6 is 7.26 Å². The van der Waals surface area contributed by atoms with Gasteiger partial charge in [-0.25, -0.2) is 0 Å². The van der Waals surface area contributed by atoms with Crippen LogP contribution in [0.15, 0.2) is 0 Å². The Hall–Kier alpha value is 0.260. The van der Waals surface area contributed by atoms with E-state index in [4.69, 9.17) is 17.5 Å². The van der Waals surface area contributed by atoms with E-state index in [9.17, 15) is 0 Å². The summed E-state index contributed by atoms with van der Waals surface area (Å²) in [6.45, 7) is 9.41. The molecule has 0 unspecified atom stereocenters. The molecular formula is C12H32NO4PS. The normalized spacial score (nSPS) is 11.9. The van der Waals surface area contributed by atoms with Crippen molar-refractivity contribution in [3.63, 3.8) is 0 Å². The van der Waals surface area contributed by atoms with E-state index in [0.717, 1.165) is 4.48 Å². The fourth-order valence-electron chi connectivity index (χ4n) is 1.34. The summed E-state index contributed by atoms with van der Waals surface area (Å²) >= 11 is 0. The fourth-order valence-corrected chi connectivity index (χ4v) is 4.02. The van der Waals surface area contributed by atoms with E-state index in [2.05, 4.69) is 55.9 Å². The van der Waals surface area contributed by atoms with Gasteiger partial charge in [0.1, 0.15) is 0 Å². The largest absolute Gasteiger partial charge is 0.759 e. The molecule has 0 radical (unpaired) electrons. The van der Waals surface area contributed by atoms with Gasteiger partial charge >= 0.3 is 0 Å². The lowest BCUT2D eigenvalue weighted by Crippen LogP contribution is -2.27. The molecule has 0 aliphatic rings. The summed E-state index contributed by atoms with van der Waals surface area (Å²) in [5.41, 5.74) is 0. The van der Waals surface area contributed by atoms with Crippen molar-refractivity contribution in [3.8, 4) is 0 Å². The topological polar surface area (TPSA) is 80.3 Å². The summed E-state index contributed by atoms with van der Waals surface area (Å²) < 4.78 is 35.1. The van der Waals surface area contributed by atoms with Gasteiger partial charge in [0.25, 0.3) is 0 Å². The van der Waals surface area contributed by atoms with Crippen molar-refractivity contribution < 1.29 is 22.0 Å². The Kier molecular flexibility index (Phi) is 14.0. The number of nitrogens with zero attached hydrogens (tertiary/aromatic N) is 1. The highest BCUT2D eigenvalue weighted by Gasteiger charge is 2.27. The maximum absolute atomic E-state index is 8.52. The van der Waals surface area contributed by atoms with E-state index >= 15 is 0 Å². The van der Waals surface area contributed by atoms with Crippen molar-refractivity contribution in [2.45, 2.75) is 27.7 Å². The van der Waals surface area contributed by atoms with E-state index in [-0.39, 0.29) is 0 Å². The molecule has 0 aliphatic heterocycles. The first kappa shape index (κ1) is 24.3. The van der Waals surface area contributed by atoms with Crippen molar-refractivity contribution in [1.29, 1.82) is 0 Å². The maximum atomic E-state index is 8.52. The first-order valence-corrected chi connectivity index (χ1v) is 10.4. The molecule has 0 aromatic rings. The van der Waals surface area contributed by atoms with Crippen LogP contribution in [-0.2, 0) is 10.4 Å². The monoisotopic (exact) mass is 317 g/mol. The number of rotatable bonds is 4. The highest BCUT2D eigenvalue weighted by atomic mass is 32.3. The minimum Gasteiger partial charge on any atom is -0.759 e. The Bertz CT molecular complexity index is 264. The van der Waals surface area contributed by atoms with Crippen molar-refractivity contribution >= 4 is 17.7 Å². The predicted octanol–water partition coefficient (Wildman–Crippen LogP) is 2.07. The second kappa shape index (κ2) is 11.0. The highest BCUT2D eigenvalue weighted by molar-refractivity contribution is 7.79. The van der Waals surface area contributed by atoms with Gasteiger partial charge < -0.3 is 13.6 Å². The first-order valence-electron chi connectivity index (χ1n) is 6.55. The zero-order chi connectivity index (χ0) is 16.3. The number of quaternary nitrogens is 1. The molecule has 19 heavy (non-hydrogen) atoms. The third kappa shape index (κ3) is 32.1. The van der Waals surface area contributed by atoms with E-state index in [1.54, 1.807) is 0 Å². The third-order valence-corrected chi connectivity index (χ3v) is 8.05. The van der Waals surface area contributed by atoms with Crippen molar-refractivity contribution in [3.05, 3.63) is 0 Å². The predicted molar refractivity (Wildman–Crippen MR) is 83.5 cm³/mol. The molecule has 0 aromatic carbocycles. The summed E-state index contributed by atoms with van der Waals surface area (Å²) in [5.74, 6) is 0. The molecule has 0 rings (SSSR count). The zero-order valence-electron chi connectivity index (χ0n) is 13.8. The molecule has 0 spiro atoms. The molecule has 0 aromatic heterocycles. The Morgan fingerprint density at radius 3 is 0.895 bits per heavy atom. The van der Waals surface area contributed by atoms with Crippen LogP contribution in [0.5, 0.6) is 0 Å². The van der Waals surface area contributed by atoms with Crippen LogP contribution in [0, 0.1) is 0 Å². The Labute approximate surface area is 120 Å². The van der Waals surface area contributed by atoms with Crippen LogP contribution < -0.4 is 0 Å². The lowest BCUT2D eigenvalue weighted by Gasteiger charge is -2.20. The molecule has 5 nitrogen and oxygen atoms in total. The smallest absolute Gasteiger partial charge is 0.0675 e. The molecule has 0 fully saturated rings. The average Bonchev–Trinajstić information content (AvgIpc) is 2.17. The zero-order valence-corrected chi connectivity index (χ0v) is 15.5. The van der Waals surface area contributed by atoms with Crippen LogP contribution in [0.3, 0.4) is 0 Å². The molecule has 0 amide bonds. The van der Waals surface area contributed by atoms with Gasteiger partial charge in [-0.05, 0) is 27.7 Å². The van der Waals surface area contributed by atoms with Gasteiger partial charge in [0.05, 0.1) is 52.8 Å². The van der Waals surface area contributed by atoms with Crippen LogP contribution in [-0.4, -0.2) is 74.8 Å². The van der Waals surface area contributed by atoms with E-state index in [1.165, 1.54) is 24.6 Å². The van der Waals surface area contributed by atoms with Gasteiger partial charge in [-0.1, -0.05) is 0 Å². The molecule has 0 atom stereocenters. The van der Waals surface area contributed by atoms with Gasteiger partial charge in [0.15, 0.2) is 0 Å². The summed E-state index contributed by atoms with van der Waals surface area (Å²) in [7, 11) is 2.91. The van der Waals surface area contributed by atoms with Crippen LogP contribution in [0.4, 0.5) is 0 Å². The van der Waals surface area contributed by atoms with E-state index in [1.807, 2.05) is 0 Å². The first-order chi connectivity index (χ1) is 8.24. The second-order valence-corrected chi connectivity index (χ2v) is 11.7. The lowest BCUT2D eigenvalue weighted by atomic mass is 10.8. The highest BCUT2D eigenvalue weighted by Crippen LogP contribution is 2.57. The third-order valence-electron chi connectivity index (χ3n) is 2.68. The van der Waals surface area contributed by atoms with Gasteiger partial charge in [-0.2, -0.15) is 0 Å². The molecule has 7 heteroatoms. The average molecular weight is 317 g/mol. The summed E-state index contributed by atoms with van der Waals surface area (Å²) in [6, 6.07) is 0. The second-order valence-electron chi connectivity index (χ2n) is 5.70. The van der Waals surface area contributed by atoms with Crippen molar-refractivity contribution in [1.82, 2.24) is 0 Å². The Morgan fingerprint density at radius 1 is 0.789 bits per heavy atom. The van der Waals surface area contributed by atoms with E-state index < -0.39 is 17.7 Å². The molecule has 0 heterocycles. The minimum atomic E-state index is -5.17. The lowest BCUT2D eigenvalue weighted by molar-refractivity contribution is -0.849. The summed E-state index contributed by atoms with van der Waals surface area (Å²) in [4.78, 5) is 0. The molecule has 0 saturated carbocycles. The van der Waals surface area contributed by atoms with Gasteiger partial charge in [-0.3, -0.25) is 8.42 Å². The summed E-state index contributed by atoms with van der Waals surface area (Å²) in [5, 5.41) is 0. The van der Waals surface area contributed by atoms with Gasteiger partial charge in [0, 0.05) is 17.7 Å².